The highest BCUT2D eigenvalue weighted by Gasteiger charge is 2.23. The molecule has 0 N–H and O–H groups in total. The number of benzene rings is 1. The molecular weight excluding hydrogens is 226 g/mol. The average Bonchev–Trinajstić information content (AvgIpc) is 2.85. The Hall–Kier alpha value is -2.19. The third kappa shape index (κ3) is 1.87. The Balaban J connectivity index is 2.04. The van der Waals surface area contributed by atoms with Gasteiger partial charge in [-0.1, -0.05) is 35.4 Å². The molecule has 3 rings (SSSR count). The Morgan fingerprint density at radius 3 is 2.89 bits per heavy atom. The van der Waals surface area contributed by atoms with Crippen LogP contribution in [-0.2, 0) is 6.42 Å². The second kappa shape index (κ2) is 4.59. The minimum Gasteiger partial charge on any atom is -0.461 e. The zero-order chi connectivity index (χ0) is 12.4. The van der Waals surface area contributed by atoms with Crippen molar-refractivity contribution in [3.8, 4) is 11.3 Å². The van der Waals surface area contributed by atoms with Crippen LogP contribution < -0.4 is 0 Å². The van der Waals surface area contributed by atoms with Gasteiger partial charge in [0.05, 0.1) is 6.04 Å². The molecular formula is C14H13N3O. The molecule has 0 bridgehead atoms. The van der Waals surface area contributed by atoms with E-state index in [1.807, 2.05) is 36.4 Å². The maximum absolute atomic E-state index is 8.60. The first kappa shape index (κ1) is 10.9. The summed E-state index contributed by atoms with van der Waals surface area (Å²) in [5, 5.41) is 3.85. The van der Waals surface area contributed by atoms with Crippen molar-refractivity contribution in [3.05, 3.63) is 58.2 Å². The topological polar surface area (TPSA) is 61.9 Å². The van der Waals surface area contributed by atoms with Crippen LogP contribution in [0.25, 0.3) is 21.8 Å². The molecule has 1 atom stereocenters. The molecule has 2 aromatic rings. The van der Waals surface area contributed by atoms with Crippen LogP contribution >= 0.6 is 0 Å². The van der Waals surface area contributed by atoms with Gasteiger partial charge in [0.25, 0.3) is 0 Å². The van der Waals surface area contributed by atoms with Gasteiger partial charge in [-0.2, -0.15) is 0 Å². The lowest BCUT2D eigenvalue weighted by molar-refractivity contribution is 0.460. The molecule has 0 amide bonds. The summed E-state index contributed by atoms with van der Waals surface area (Å²) in [6.45, 7) is 0. The van der Waals surface area contributed by atoms with Gasteiger partial charge in [0.2, 0.25) is 0 Å². The normalized spacial score (nSPS) is 17.9. The van der Waals surface area contributed by atoms with Crippen molar-refractivity contribution in [1.29, 1.82) is 0 Å². The molecule has 1 aliphatic rings. The summed E-state index contributed by atoms with van der Waals surface area (Å²) >= 11 is 0. The maximum Gasteiger partial charge on any atom is 0.134 e. The Bertz CT molecular complexity index is 597. The van der Waals surface area contributed by atoms with Crippen LogP contribution in [0.3, 0.4) is 0 Å². The van der Waals surface area contributed by atoms with E-state index in [0.29, 0.717) is 0 Å². The molecule has 0 fully saturated rings. The summed E-state index contributed by atoms with van der Waals surface area (Å²) in [4.78, 5) is 2.92. The highest BCUT2D eigenvalue weighted by atomic mass is 16.3. The Kier molecular flexibility index (Phi) is 2.79. The summed E-state index contributed by atoms with van der Waals surface area (Å²) < 4.78 is 5.89. The quantitative estimate of drug-likeness (QED) is 0.428. The van der Waals surface area contributed by atoms with Crippen molar-refractivity contribution in [2.45, 2.75) is 25.3 Å². The standard InChI is InChI=1S/C14H13N3O/c15-17-16-12-7-4-8-13-11(12)9-14(18-13)10-5-2-1-3-6-10/h1-3,5-6,9,12H,4,7-8H2. The van der Waals surface area contributed by atoms with E-state index >= 15 is 0 Å². The molecule has 0 spiro atoms. The number of azide groups is 1. The van der Waals surface area contributed by atoms with Gasteiger partial charge in [0.1, 0.15) is 11.5 Å². The predicted molar refractivity (Wildman–Crippen MR) is 69.0 cm³/mol. The van der Waals surface area contributed by atoms with Gasteiger partial charge in [-0.3, -0.25) is 0 Å². The van der Waals surface area contributed by atoms with E-state index in [4.69, 9.17) is 9.95 Å². The van der Waals surface area contributed by atoms with E-state index in [1.54, 1.807) is 0 Å². The van der Waals surface area contributed by atoms with Crippen LogP contribution in [0.1, 0.15) is 30.2 Å². The molecule has 0 aliphatic heterocycles. The smallest absolute Gasteiger partial charge is 0.134 e. The zero-order valence-electron chi connectivity index (χ0n) is 9.91. The van der Waals surface area contributed by atoms with Crippen molar-refractivity contribution in [3.63, 3.8) is 0 Å². The van der Waals surface area contributed by atoms with Crippen LogP contribution in [-0.4, -0.2) is 0 Å². The van der Waals surface area contributed by atoms with Gasteiger partial charge in [-0.25, -0.2) is 0 Å². The van der Waals surface area contributed by atoms with E-state index in [1.165, 1.54) is 0 Å². The van der Waals surface area contributed by atoms with Gasteiger partial charge < -0.3 is 4.42 Å². The van der Waals surface area contributed by atoms with Crippen molar-refractivity contribution in [2.24, 2.45) is 5.11 Å². The molecule has 1 unspecified atom stereocenters. The van der Waals surface area contributed by atoms with Gasteiger partial charge in [-0.05, 0) is 24.4 Å². The fraction of sp³-hybridized carbons (Fsp3) is 0.286. The molecule has 0 saturated heterocycles. The third-order valence-electron chi connectivity index (χ3n) is 3.33. The summed E-state index contributed by atoms with van der Waals surface area (Å²) in [5.74, 6) is 1.83. The van der Waals surface area contributed by atoms with E-state index in [2.05, 4.69) is 10.0 Å². The van der Waals surface area contributed by atoms with Crippen LogP contribution in [0, 0.1) is 0 Å². The summed E-state index contributed by atoms with van der Waals surface area (Å²) in [6.07, 6.45) is 2.85. The minimum atomic E-state index is -0.0695. The molecule has 0 radical (unpaired) electrons. The number of aryl methyl sites for hydroxylation is 1. The van der Waals surface area contributed by atoms with Crippen LogP contribution in [0.2, 0.25) is 0 Å². The largest absolute Gasteiger partial charge is 0.461 e. The molecule has 18 heavy (non-hydrogen) atoms. The fourth-order valence-corrected chi connectivity index (χ4v) is 2.46. The number of fused-ring (bicyclic) bond motifs is 1. The third-order valence-corrected chi connectivity index (χ3v) is 3.33. The first-order valence-corrected chi connectivity index (χ1v) is 6.10. The lowest BCUT2D eigenvalue weighted by Crippen LogP contribution is -2.04. The van der Waals surface area contributed by atoms with E-state index < -0.39 is 0 Å². The first-order chi connectivity index (χ1) is 8.88. The highest BCUT2D eigenvalue weighted by Crippen LogP contribution is 2.37. The number of hydrogen-bond donors (Lipinski definition) is 0. The molecule has 90 valence electrons. The monoisotopic (exact) mass is 239 g/mol. The summed E-state index contributed by atoms with van der Waals surface area (Å²) in [5.41, 5.74) is 10.7. The lowest BCUT2D eigenvalue weighted by Gasteiger charge is -2.15. The predicted octanol–water partition coefficient (Wildman–Crippen LogP) is 4.63. The van der Waals surface area contributed by atoms with Gasteiger partial charge in [-0.15, -0.1) is 0 Å². The van der Waals surface area contributed by atoms with Crippen LogP contribution in [0.4, 0.5) is 0 Å². The highest BCUT2D eigenvalue weighted by molar-refractivity contribution is 5.59. The Labute approximate surface area is 105 Å². The van der Waals surface area contributed by atoms with Crippen molar-refractivity contribution >= 4 is 0 Å². The van der Waals surface area contributed by atoms with Gasteiger partial charge >= 0.3 is 0 Å². The minimum absolute atomic E-state index is 0.0695. The van der Waals surface area contributed by atoms with Crippen molar-refractivity contribution in [2.75, 3.05) is 0 Å². The van der Waals surface area contributed by atoms with E-state index in [-0.39, 0.29) is 6.04 Å². The number of rotatable bonds is 2. The Morgan fingerprint density at radius 2 is 2.11 bits per heavy atom. The fourth-order valence-electron chi connectivity index (χ4n) is 2.46. The number of hydrogen-bond acceptors (Lipinski definition) is 2. The first-order valence-electron chi connectivity index (χ1n) is 6.10. The molecule has 1 aliphatic carbocycles. The van der Waals surface area contributed by atoms with Crippen molar-refractivity contribution < 1.29 is 4.42 Å². The van der Waals surface area contributed by atoms with E-state index in [0.717, 1.165) is 41.9 Å². The Morgan fingerprint density at radius 1 is 1.28 bits per heavy atom. The van der Waals surface area contributed by atoms with Gasteiger partial charge in [0.15, 0.2) is 0 Å². The maximum atomic E-state index is 8.60. The molecule has 4 nitrogen and oxygen atoms in total. The molecule has 1 aromatic heterocycles. The molecule has 0 saturated carbocycles. The average molecular weight is 239 g/mol. The zero-order valence-corrected chi connectivity index (χ0v) is 9.91. The molecule has 4 heteroatoms. The van der Waals surface area contributed by atoms with Crippen LogP contribution in [0.5, 0.6) is 0 Å². The lowest BCUT2D eigenvalue weighted by atomic mass is 9.94. The second-order valence-corrected chi connectivity index (χ2v) is 4.47. The molecule has 1 heterocycles. The number of furan rings is 1. The number of nitrogens with zero attached hydrogens (tertiary/aromatic N) is 3. The summed E-state index contributed by atoms with van der Waals surface area (Å²) in [6, 6.07) is 11.9. The van der Waals surface area contributed by atoms with Gasteiger partial charge in [0, 0.05) is 22.5 Å². The summed E-state index contributed by atoms with van der Waals surface area (Å²) in [7, 11) is 0. The molecule has 1 aromatic carbocycles. The van der Waals surface area contributed by atoms with Crippen molar-refractivity contribution in [1.82, 2.24) is 0 Å². The van der Waals surface area contributed by atoms with E-state index in [9.17, 15) is 0 Å². The van der Waals surface area contributed by atoms with Crippen LogP contribution in [0.15, 0.2) is 45.9 Å². The second-order valence-electron chi connectivity index (χ2n) is 4.47. The SMILES string of the molecule is [N-]=[N+]=NC1CCCc2oc(-c3ccccc3)cc21.